The lowest BCUT2D eigenvalue weighted by Gasteiger charge is -2.20. The number of carbonyl (C=O) groups is 2. The van der Waals surface area contributed by atoms with E-state index in [9.17, 15) is 9.59 Å². The average molecular weight is 267 g/mol. The summed E-state index contributed by atoms with van der Waals surface area (Å²) in [6, 6.07) is 5.17. The molecule has 1 heterocycles. The summed E-state index contributed by atoms with van der Waals surface area (Å²) in [6.45, 7) is 0.170. The first-order valence-corrected chi connectivity index (χ1v) is 6.33. The summed E-state index contributed by atoms with van der Waals surface area (Å²) >= 11 is 6.06. The molecule has 2 amide bonds. The van der Waals surface area contributed by atoms with Crippen LogP contribution in [0, 0.1) is 0 Å². The van der Waals surface area contributed by atoms with E-state index in [4.69, 9.17) is 17.3 Å². The molecule has 1 aliphatic heterocycles. The SMILES string of the molecule is Nc1cccc(Cl)c1CN1C(=O)CCCCC1=O. The van der Waals surface area contributed by atoms with E-state index in [2.05, 4.69) is 0 Å². The Balaban J connectivity index is 2.26. The largest absolute Gasteiger partial charge is 0.398 e. The molecular formula is C13H15ClN2O2. The molecule has 1 aliphatic rings. The molecule has 0 aliphatic carbocycles. The highest BCUT2D eigenvalue weighted by Crippen LogP contribution is 2.25. The molecule has 1 fully saturated rings. The van der Waals surface area contributed by atoms with Crippen molar-refractivity contribution in [1.29, 1.82) is 0 Å². The Bertz CT molecular complexity index is 450. The van der Waals surface area contributed by atoms with Gasteiger partial charge in [0.25, 0.3) is 0 Å². The fourth-order valence-electron chi connectivity index (χ4n) is 2.04. The molecule has 2 rings (SSSR count). The van der Waals surface area contributed by atoms with Crippen molar-refractivity contribution in [3.05, 3.63) is 28.8 Å². The molecule has 96 valence electrons. The van der Waals surface area contributed by atoms with Gasteiger partial charge in [-0.2, -0.15) is 0 Å². The van der Waals surface area contributed by atoms with Crippen LogP contribution >= 0.6 is 11.6 Å². The smallest absolute Gasteiger partial charge is 0.229 e. The number of hydrogen-bond acceptors (Lipinski definition) is 3. The minimum absolute atomic E-state index is 0.142. The Morgan fingerprint density at radius 3 is 2.33 bits per heavy atom. The molecule has 1 saturated heterocycles. The highest BCUT2D eigenvalue weighted by molar-refractivity contribution is 6.31. The van der Waals surface area contributed by atoms with Crippen molar-refractivity contribution in [3.63, 3.8) is 0 Å². The topological polar surface area (TPSA) is 63.4 Å². The number of carbonyl (C=O) groups excluding carboxylic acids is 2. The summed E-state index contributed by atoms with van der Waals surface area (Å²) in [7, 11) is 0. The maximum atomic E-state index is 11.9. The summed E-state index contributed by atoms with van der Waals surface area (Å²) in [6.07, 6.45) is 2.35. The maximum Gasteiger partial charge on any atom is 0.229 e. The number of nitrogens with two attached hydrogens (primary N) is 1. The van der Waals surface area contributed by atoms with Crippen LogP contribution in [0.3, 0.4) is 0 Å². The lowest BCUT2D eigenvalue weighted by molar-refractivity contribution is -0.144. The third-order valence-electron chi connectivity index (χ3n) is 3.10. The zero-order chi connectivity index (χ0) is 13.1. The highest BCUT2D eigenvalue weighted by atomic mass is 35.5. The van der Waals surface area contributed by atoms with Gasteiger partial charge in [0, 0.05) is 29.1 Å². The Kier molecular flexibility index (Phi) is 3.87. The molecule has 0 unspecified atom stereocenters. The first kappa shape index (κ1) is 12.9. The summed E-state index contributed by atoms with van der Waals surface area (Å²) in [5, 5.41) is 0.486. The van der Waals surface area contributed by atoms with Gasteiger partial charge in [-0.05, 0) is 25.0 Å². The van der Waals surface area contributed by atoms with Crippen LogP contribution in [-0.4, -0.2) is 16.7 Å². The molecule has 0 bridgehead atoms. The van der Waals surface area contributed by atoms with Gasteiger partial charge in [0.2, 0.25) is 11.8 Å². The van der Waals surface area contributed by atoms with Gasteiger partial charge in [-0.15, -0.1) is 0 Å². The first-order chi connectivity index (χ1) is 8.59. The number of imide groups is 1. The standard InChI is InChI=1S/C13H15ClN2O2/c14-10-4-3-5-11(15)9(10)8-16-12(17)6-1-2-7-13(16)18/h3-5H,1-2,6-8,15H2. The van der Waals surface area contributed by atoms with Crippen molar-refractivity contribution in [2.45, 2.75) is 32.2 Å². The number of benzene rings is 1. The van der Waals surface area contributed by atoms with Crippen molar-refractivity contribution >= 4 is 29.1 Å². The summed E-state index contributed by atoms with van der Waals surface area (Å²) in [4.78, 5) is 25.0. The van der Waals surface area contributed by atoms with Gasteiger partial charge in [-0.1, -0.05) is 17.7 Å². The fraction of sp³-hybridized carbons (Fsp3) is 0.385. The maximum absolute atomic E-state index is 11.9. The number of nitrogen functional groups attached to an aromatic ring is 1. The minimum Gasteiger partial charge on any atom is -0.398 e. The molecule has 0 saturated carbocycles. The van der Waals surface area contributed by atoms with E-state index in [0.717, 1.165) is 12.8 Å². The second kappa shape index (κ2) is 5.40. The number of halogens is 1. The zero-order valence-electron chi connectivity index (χ0n) is 9.99. The molecule has 0 radical (unpaired) electrons. The predicted molar refractivity (Wildman–Crippen MR) is 69.9 cm³/mol. The molecule has 0 atom stereocenters. The van der Waals surface area contributed by atoms with Gasteiger partial charge in [0.05, 0.1) is 6.54 Å². The number of hydrogen-bond donors (Lipinski definition) is 1. The first-order valence-electron chi connectivity index (χ1n) is 5.95. The van der Waals surface area contributed by atoms with E-state index in [1.54, 1.807) is 18.2 Å². The molecule has 1 aromatic rings. The van der Waals surface area contributed by atoms with Crippen LogP contribution in [0.4, 0.5) is 5.69 Å². The van der Waals surface area contributed by atoms with Crippen LogP contribution in [0.1, 0.15) is 31.2 Å². The quantitative estimate of drug-likeness (QED) is 0.660. The third-order valence-corrected chi connectivity index (χ3v) is 3.46. The van der Waals surface area contributed by atoms with Crippen LogP contribution < -0.4 is 5.73 Å². The van der Waals surface area contributed by atoms with Gasteiger partial charge in [0.15, 0.2) is 0 Å². The lowest BCUT2D eigenvalue weighted by atomic mass is 10.1. The summed E-state index contributed by atoms with van der Waals surface area (Å²) in [5.74, 6) is -0.284. The molecule has 5 heteroatoms. The second-order valence-corrected chi connectivity index (χ2v) is 4.80. The molecule has 0 spiro atoms. The minimum atomic E-state index is -0.142. The highest BCUT2D eigenvalue weighted by Gasteiger charge is 2.25. The second-order valence-electron chi connectivity index (χ2n) is 4.39. The van der Waals surface area contributed by atoms with Crippen molar-refractivity contribution in [3.8, 4) is 0 Å². The van der Waals surface area contributed by atoms with Gasteiger partial charge >= 0.3 is 0 Å². The zero-order valence-corrected chi connectivity index (χ0v) is 10.7. The number of nitrogens with zero attached hydrogens (tertiary/aromatic N) is 1. The third kappa shape index (κ3) is 2.64. The van der Waals surface area contributed by atoms with Gasteiger partial charge < -0.3 is 5.73 Å². The Labute approximate surface area is 111 Å². The van der Waals surface area contributed by atoms with Crippen molar-refractivity contribution in [1.82, 2.24) is 4.90 Å². The van der Waals surface area contributed by atoms with Crippen LogP contribution in [0.15, 0.2) is 18.2 Å². The van der Waals surface area contributed by atoms with E-state index in [1.165, 1.54) is 4.90 Å². The van der Waals surface area contributed by atoms with Gasteiger partial charge in [0.1, 0.15) is 0 Å². The Hall–Kier alpha value is -1.55. The van der Waals surface area contributed by atoms with Crippen molar-refractivity contribution in [2.24, 2.45) is 0 Å². The molecular weight excluding hydrogens is 252 g/mol. The molecule has 4 nitrogen and oxygen atoms in total. The summed E-state index contributed by atoms with van der Waals surface area (Å²) in [5.41, 5.74) is 6.98. The van der Waals surface area contributed by atoms with E-state index in [-0.39, 0.29) is 18.4 Å². The molecule has 0 aromatic heterocycles. The van der Waals surface area contributed by atoms with E-state index >= 15 is 0 Å². The van der Waals surface area contributed by atoms with Crippen LogP contribution in [0.25, 0.3) is 0 Å². The molecule has 18 heavy (non-hydrogen) atoms. The predicted octanol–water partition coefficient (Wildman–Crippen LogP) is 2.35. The van der Waals surface area contributed by atoms with E-state index in [1.807, 2.05) is 0 Å². The van der Waals surface area contributed by atoms with E-state index in [0.29, 0.717) is 29.1 Å². The van der Waals surface area contributed by atoms with Crippen LogP contribution in [0.2, 0.25) is 5.02 Å². The number of amides is 2. The van der Waals surface area contributed by atoms with Crippen LogP contribution in [0.5, 0.6) is 0 Å². The van der Waals surface area contributed by atoms with Crippen molar-refractivity contribution < 1.29 is 9.59 Å². The van der Waals surface area contributed by atoms with Crippen LogP contribution in [-0.2, 0) is 16.1 Å². The Morgan fingerprint density at radius 1 is 1.17 bits per heavy atom. The summed E-state index contributed by atoms with van der Waals surface area (Å²) < 4.78 is 0. The fourth-order valence-corrected chi connectivity index (χ4v) is 2.28. The Morgan fingerprint density at radius 2 is 1.78 bits per heavy atom. The number of likely N-dealkylation sites (tertiary alicyclic amines) is 1. The monoisotopic (exact) mass is 266 g/mol. The molecule has 1 aromatic carbocycles. The van der Waals surface area contributed by atoms with Gasteiger partial charge in [-0.3, -0.25) is 14.5 Å². The van der Waals surface area contributed by atoms with Crippen molar-refractivity contribution in [2.75, 3.05) is 5.73 Å². The lowest BCUT2D eigenvalue weighted by Crippen LogP contribution is -2.34. The normalized spacial score (nSPS) is 16.8. The molecule has 2 N–H and O–H groups in total. The number of rotatable bonds is 2. The van der Waals surface area contributed by atoms with E-state index < -0.39 is 0 Å². The average Bonchev–Trinajstić information content (AvgIpc) is 2.48. The van der Waals surface area contributed by atoms with Gasteiger partial charge in [-0.25, -0.2) is 0 Å². The number of anilines is 1.